The van der Waals surface area contributed by atoms with Gasteiger partial charge in [0.15, 0.2) is 0 Å². The van der Waals surface area contributed by atoms with Crippen LogP contribution in [0.1, 0.15) is 46.0 Å². The minimum Gasteiger partial charge on any atom is -0.372 e. The van der Waals surface area contributed by atoms with E-state index in [0.29, 0.717) is 11.8 Å². The van der Waals surface area contributed by atoms with Crippen molar-refractivity contribution in [2.45, 2.75) is 58.2 Å². The molecular formula is C15H25NO2. The summed E-state index contributed by atoms with van der Waals surface area (Å²) < 4.78 is 5.69. The van der Waals surface area contributed by atoms with Gasteiger partial charge in [-0.05, 0) is 50.9 Å². The predicted molar refractivity (Wildman–Crippen MR) is 70.1 cm³/mol. The maximum Gasteiger partial charge on any atom is 0.223 e. The first-order valence-corrected chi connectivity index (χ1v) is 7.55. The van der Waals surface area contributed by atoms with E-state index in [1.807, 2.05) is 4.90 Å². The van der Waals surface area contributed by atoms with Crippen LogP contribution in [-0.2, 0) is 9.53 Å². The summed E-state index contributed by atoms with van der Waals surface area (Å²) in [6.45, 7) is 5.69. The zero-order valence-electron chi connectivity index (χ0n) is 11.6. The van der Waals surface area contributed by atoms with E-state index in [1.165, 1.54) is 25.7 Å². The summed E-state index contributed by atoms with van der Waals surface area (Å²) in [6.07, 6.45) is 6.68. The number of fused-ring (bicyclic) bond motifs is 2. The quantitative estimate of drug-likeness (QED) is 0.754. The predicted octanol–water partition coefficient (Wildman–Crippen LogP) is 2.45. The molecular weight excluding hydrogens is 226 g/mol. The molecule has 5 atom stereocenters. The molecule has 2 saturated carbocycles. The summed E-state index contributed by atoms with van der Waals surface area (Å²) in [7, 11) is 0. The first-order chi connectivity index (χ1) is 8.61. The highest BCUT2D eigenvalue weighted by molar-refractivity contribution is 5.76. The van der Waals surface area contributed by atoms with Crippen LogP contribution in [0.25, 0.3) is 0 Å². The van der Waals surface area contributed by atoms with Crippen molar-refractivity contribution in [3.8, 4) is 0 Å². The second-order valence-electron chi connectivity index (χ2n) is 6.70. The van der Waals surface area contributed by atoms with Gasteiger partial charge >= 0.3 is 0 Å². The summed E-state index contributed by atoms with van der Waals surface area (Å²) in [6, 6.07) is 0. The van der Waals surface area contributed by atoms with E-state index in [1.54, 1.807) is 0 Å². The third-order valence-corrected chi connectivity index (χ3v) is 5.09. The Bertz CT molecular complexity index is 320. The van der Waals surface area contributed by atoms with Gasteiger partial charge in [0.2, 0.25) is 5.91 Å². The van der Waals surface area contributed by atoms with Crippen molar-refractivity contribution in [2.24, 2.45) is 17.8 Å². The molecule has 0 spiro atoms. The number of rotatable bonds is 2. The van der Waals surface area contributed by atoms with Gasteiger partial charge in [-0.1, -0.05) is 6.42 Å². The van der Waals surface area contributed by atoms with Gasteiger partial charge in [0.25, 0.3) is 0 Å². The molecule has 2 aliphatic carbocycles. The van der Waals surface area contributed by atoms with E-state index >= 15 is 0 Å². The minimum atomic E-state index is 0.192. The van der Waals surface area contributed by atoms with Gasteiger partial charge < -0.3 is 9.64 Å². The van der Waals surface area contributed by atoms with Gasteiger partial charge in [-0.25, -0.2) is 0 Å². The number of carbonyl (C=O) groups is 1. The van der Waals surface area contributed by atoms with Crippen molar-refractivity contribution in [2.75, 3.05) is 13.1 Å². The van der Waals surface area contributed by atoms with Crippen LogP contribution >= 0.6 is 0 Å². The first kappa shape index (κ1) is 12.5. The zero-order valence-corrected chi connectivity index (χ0v) is 11.6. The third kappa shape index (κ3) is 2.42. The lowest BCUT2D eigenvalue weighted by Gasteiger charge is -2.36. The maximum absolute atomic E-state index is 12.4. The molecule has 3 rings (SSSR count). The molecule has 0 N–H and O–H groups in total. The van der Waals surface area contributed by atoms with Crippen LogP contribution < -0.4 is 0 Å². The SMILES string of the molecule is CC1CN(C(=O)CC2CC3CCC2C3)CC(C)O1. The number of morpholine rings is 1. The van der Waals surface area contributed by atoms with E-state index in [4.69, 9.17) is 4.74 Å². The van der Waals surface area contributed by atoms with Gasteiger partial charge in [-0.3, -0.25) is 4.79 Å². The fourth-order valence-electron chi connectivity index (χ4n) is 4.36. The Labute approximate surface area is 110 Å². The molecule has 3 heteroatoms. The Morgan fingerprint density at radius 1 is 1.17 bits per heavy atom. The lowest BCUT2D eigenvalue weighted by atomic mass is 9.86. The number of hydrogen-bond acceptors (Lipinski definition) is 2. The normalized spacial score (nSPS) is 43.4. The molecule has 0 aromatic carbocycles. The Morgan fingerprint density at radius 3 is 2.44 bits per heavy atom. The van der Waals surface area contributed by atoms with Crippen LogP contribution in [0.3, 0.4) is 0 Å². The average molecular weight is 251 g/mol. The molecule has 102 valence electrons. The molecule has 1 heterocycles. The number of hydrogen-bond donors (Lipinski definition) is 0. The molecule has 0 aromatic rings. The van der Waals surface area contributed by atoms with E-state index in [-0.39, 0.29) is 12.2 Å². The molecule has 0 radical (unpaired) electrons. The zero-order chi connectivity index (χ0) is 12.7. The van der Waals surface area contributed by atoms with Crippen molar-refractivity contribution in [1.82, 2.24) is 4.90 Å². The lowest BCUT2D eigenvalue weighted by Crippen LogP contribution is -2.48. The van der Waals surface area contributed by atoms with Gasteiger partial charge in [-0.2, -0.15) is 0 Å². The summed E-state index contributed by atoms with van der Waals surface area (Å²) >= 11 is 0. The molecule has 0 aromatic heterocycles. The second kappa shape index (κ2) is 4.84. The Hall–Kier alpha value is -0.570. The highest BCUT2D eigenvalue weighted by Gasteiger charge is 2.41. The summed E-state index contributed by atoms with van der Waals surface area (Å²) in [4.78, 5) is 14.4. The number of carbonyl (C=O) groups excluding carboxylic acids is 1. The van der Waals surface area contributed by atoms with Gasteiger partial charge in [0.1, 0.15) is 0 Å². The molecule has 5 unspecified atom stereocenters. The van der Waals surface area contributed by atoms with Crippen LogP contribution in [0.4, 0.5) is 0 Å². The van der Waals surface area contributed by atoms with Crippen molar-refractivity contribution in [1.29, 1.82) is 0 Å². The highest BCUT2D eigenvalue weighted by Crippen LogP contribution is 2.49. The van der Waals surface area contributed by atoms with Gasteiger partial charge in [0, 0.05) is 19.5 Å². The number of amides is 1. The molecule has 2 bridgehead atoms. The van der Waals surface area contributed by atoms with E-state index < -0.39 is 0 Å². The topological polar surface area (TPSA) is 29.5 Å². The van der Waals surface area contributed by atoms with Crippen LogP contribution in [0.15, 0.2) is 0 Å². The summed E-state index contributed by atoms with van der Waals surface area (Å²) in [5, 5.41) is 0. The highest BCUT2D eigenvalue weighted by atomic mass is 16.5. The largest absolute Gasteiger partial charge is 0.372 e. The molecule has 1 aliphatic heterocycles. The van der Waals surface area contributed by atoms with E-state index in [9.17, 15) is 4.79 Å². The minimum absolute atomic E-state index is 0.192. The fourth-order valence-corrected chi connectivity index (χ4v) is 4.36. The molecule has 3 aliphatic rings. The summed E-state index contributed by atoms with van der Waals surface area (Å²) in [5.41, 5.74) is 0. The Kier molecular flexibility index (Phi) is 3.35. The average Bonchev–Trinajstić information content (AvgIpc) is 2.89. The van der Waals surface area contributed by atoms with Crippen LogP contribution in [0.5, 0.6) is 0 Å². The van der Waals surface area contributed by atoms with Crippen LogP contribution in [-0.4, -0.2) is 36.1 Å². The molecule has 1 amide bonds. The molecule has 3 fully saturated rings. The van der Waals surface area contributed by atoms with Gasteiger partial charge in [-0.15, -0.1) is 0 Å². The Balaban J connectivity index is 1.55. The number of ether oxygens (including phenoxy) is 1. The molecule has 18 heavy (non-hydrogen) atoms. The smallest absolute Gasteiger partial charge is 0.223 e. The lowest BCUT2D eigenvalue weighted by molar-refractivity contribution is -0.144. The van der Waals surface area contributed by atoms with Gasteiger partial charge in [0.05, 0.1) is 12.2 Å². The van der Waals surface area contributed by atoms with Crippen molar-refractivity contribution in [3.05, 3.63) is 0 Å². The van der Waals surface area contributed by atoms with E-state index in [2.05, 4.69) is 13.8 Å². The standard InChI is InChI=1S/C15H25NO2/c1-10-8-16(9-11(2)18-10)15(17)7-14-6-12-3-4-13(14)5-12/h10-14H,3-9H2,1-2H3. The van der Waals surface area contributed by atoms with Crippen LogP contribution in [0, 0.1) is 17.8 Å². The van der Waals surface area contributed by atoms with E-state index in [0.717, 1.165) is 31.3 Å². The third-order valence-electron chi connectivity index (χ3n) is 5.09. The monoisotopic (exact) mass is 251 g/mol. The van der Waals surface area contributed by atoms with Crippen molar-refractivity contribution in [3.63, 3.8) is 0 Å². The first-order valence-electron chi connectivity index (χ1n) is 7.55. The van der Waals surface area contributed by atoms with Crippen LogP contribution in [0.2, 0.25) is 0 Å². The second-order valence-corrected chi connectivity index (χ2v) is 6.70. The van der Waals surface area contributed by atoms with Crippen molar-refractivity contribution < 1.29 is 9.53 Å². The number of nitrogens with zero attached hydrogens (tertiary/aromatic N) is 1. The maximum atomic E-state index is 12.4. The van der Waals surface area contributed by atoms with Crippen molar-refractivity contribution >= 4 is 5.91 Å². The fraction of sp³-hybridized carbons (Fsp3) is 0.933. The Morgan fingerprint density at radius 2 is 1.89 bits per heavy atom. The molecule has 3 nitrogen and oxygen atoms in total. The molecule has 1 saturated heterocycles. The summed E-state index contributed by atoms with van der Waals surface area (Å²) in [5.74, 6) is 2.85.